The second-order valence-electron chi connectivity index (χ2n) is 9.52. The Morgan fingerprint density at radius 1 is 1.03 bits per heavy atom. The summed E-state index contributed by atoms with van der Waals surface area (Å²) < 4.78 is 5.82. The Kier molecular flexibility index (Phi) is 6.01. The maximum Gasteiger partial charge on any atom is 0.238 e. The third-order valence-corrected chi connectivity index (χ3v) is 7.40. The molecule has 1 spiro atoms. The highest BCUT2D eigenvalue weighted by atomic mass is 35.5. The fraction of sp³-hybridized carbons (Fsp3) is 0.500. The molecule has 2 aromatic rings. The summed E-state index contributed by atoms with van der Waals surface area (Å²) in [5.41, 5.74) is 3.06. The molecule has 2 unspecified atom stereocenters. The van der Waals surface area contributed by atoms with Crippen molar-refractivity contribution in [3.05, 3.63) is 64.7 Å². The lowest BCUT2D eigenvalue weighted by atomic mass is 9.92. The largest absolute Gasteiger partial charge is 0.373 e. The molecule has 32 heavy (non-hydrogen) atoms. The van der Waals surface area contributed by atoms with E-state index >= 15 is 0 Å². The first-order chi connectivity index (χ1) is 15.5. The summed E-state index contributed by atoms with van der Waals surface area (Å²) in [6, 6.07) is 16.3. The summed E-state index contributed by atoms with van der Waals surface area (Å²) in [6.45, 7) is 9.65. The van der Waals surface area contributed by atoms with Crippen molar-refractivity contribution < 1.29 is 9.53 Å². The van der Waals surface area contributed by atoms with Crippen molar-refractivity contribution >= 4 is 23.2 Å². The smallest absolute Gasteiger partial charge is 0.238 e. The minimum atomic E-state index is -0.398. The predicted molar refractivity (Wildman–Crippen MR) is 129 cm³/mol. The molecule has 0 bridgehead atoms. The van der Waals surface area contributed by atoms with Crippen molar-refractivity contribution in [3.63, 3.8) is 0 Å². The number of para-hydroxylation sites is 1. The fourth-order valence-corrected chi connectivity index (χ4v) is 5.81. The zero-order valence-corrected chi connectivity index (χ0v) is 19.6. The van der Waals surface area contributed by atoms with Crippen LogP contribution in [0, 0.1) is 0 Å². The van der Waals surface area contributed by atoms with Crippen LogP contribution in [0.15, 0.2) is 48.5 Å². The van der Waals surface area contributed by atoms with Crippen LogP contribution in [0.3, 0.4) is 0 Å². The maximum atomic E-state index is 13.6. The van der Waals surface area contributed by atoms with Crippen molar-refractivity contribution in [2.75, 3.05) is 44.2 Å². The van der Waals surface area contributed by atoms with Crippen LogP contribution in [-0.4, -0.2) is 62.3 Å². The lowest BCUT2D eigenvalue weighted by molar-refractivity contribution is -0.120. The van der Waals surface area contributed by atoms with E-state index in [0.717, 1.165) is 49.9 Å². The third-order valence-electron chi connectivity index (χ3n) is 7.15. The molecule has 5 nitrogen and oxygen atoms in total. The summed E-state index contributed by atoms with van der Waals surface area (Å²) in [5, 5.41) is 4.28. The average Bonchev–Trinajstić information content (AvgIpc) is 3.47. The molecular formula is C26H32ClN3O2. The number of rotatable bonds is 7. The monoisotopic (exact) mass is 453 g/mol. The lowest BCUT2D eigenvalue weighted by Gasteiger charge is -2.35. The first kappa shape index (κ1) is 21.9. The Hall–Kier alpha value is -1.92. The predicted octanol–water partition coefficient (Wildman–Crippen LogP) is 3.81. The molecule has 0 radical (unpaired) electrons. The first-order valence-electron chi connectivity index (χ1n) is 11.7. The van der Waals surface area contributed by atoms with Crippen molar-refractivity contribution in [2.24, 2.45) is 0 Å². The number of fused-ring (bicyclic) bond motifs is 2. The van der Waals surface area contributed by atoms with Gasteiger partial charge in [-0.05, 0) is 49.6 Å². The molecule has 2 heterocycles. The van der Waals surface area contributed by atoms with Gasteiger partial charge in [0.15, 0.2) is 0 Å². The van der Waals surface area contributed by atoms with Crippen molar-refractivity contribution in [2.45, 2.75) is 43.8 Å². The zero-order valence-electron chi connectivity index (χ0n) is 18.9. The number of morpholine rings is 1. The number of carbonyl (C=O) groups excluding carboxylic acids is 1. The zero-order chi connectivity index (χ0) is 22.3. The number of hydrogen-bond acceptors (Lipinski definition) is 4. The summed E-state index contributed by atoms with van der Waals surface area (Å²) >= 11 is 6.08. The molecule has 2 fully saturated rings. The van der Waals surface area contributed by atoms with Gasteiger partial charge in [0.25, 0.3) is 0 Å². The normalized spacial score (nSPS) is 29.5. The molecule has 5 rings (SSSR count). The molecule has 1 saturated carbocycles. The molecule has 4 atom stereocenters. The number of hydrogen-bond donors (Lipinski definition) is 1. The molecule has 2 aromatic carbocycles. The van der Waals surface area contributed by atoms with Crippen LogP contribution in [0.1, 0.15) is 37.3 Å². The van der Waals surface area contributed by atoms with Gasteiger partial charge in [-0.15, -0.1) is 0 Å². The van der Waals surface area contributed by atoms with Gasteiger partial charge in [-0.2, -0.15) is 0 Å². The number of halogens is 1. The van der Waals surface area contributed by atoms with Gasteiger partial charge >= 0.3 is 0 Å². The molecule has 170 valence electrons. The SMILES string of the molecule is CC1CN(CCNCCN2C(=O)[C@]3(C[C@@H]3c3ccc(Cl)cc3)c3ccccc32)CC(C)O1. The van der Waals surface area contributed by atoms with Crippen LogP contribution in [0.2, 0.25) is 5.02 Å². The van der Waals surface area contributed by atoms with Crippen LogP contribution in [-0.2, 0) is 14.9 Å². The summed E-state index contributed by atoms with van der Waals surface area (Å²) in [4.78, 5) is 18.1. The van der Waals surface area contributed by atoms with E-state index < -0.39 is 5.41 Å². The van der Waals surface area contributed by atoms with Crippen LogP contribution >= 0.6 is 11.6 Å². The third kappa shape index (κ3) is 3.96. The highest BCUT2D eigenvalue weighted by molar-refractivity contribution is 6.30. The first-order valence-corrected chi connectivity index (χ1v) is 12.1. The van der Waals surface area contributed by atoms with Crippen LogP contribution in [0.4, 0.5) is 5.69 Å². The van der Waals surface area contributed by atoms with Crippen molar-refractivity contribution in [1.29, 1.82) is 0 Å². The van der Waals surface area contributed by atoms with Crippen LogP contribution in [0.5, 0.6) is 0 Å². The maximum absolute atomic E-state index is 13.6. The van der Waals surface area contributed by atoms with E-state index in [9.17, 15) is 4.79 Å². The van der Waals surface area contributed by atoms with Gasteiger partial charge < -0.3 is 15.0 Å². The van der Waals surface area contributed by atoms with E-state index in [0.29, 0.717) is 18.8 Å². The number of nitrogens with one attached hydrogen (secondary N) is 1. The Balaban J connectivity index is 1.20. The molecular weight excluding hydrogens is 422 g/mol. The molecule has 1 N–H and O–H groups in total. The van der Waals surface area contributed by atoms with Gasteiger partial charge in [-0.1, -0.05) is 41.9 Å². The molecule has 3 aliphatic rings. The highest BCUT2D eigenvalue weighted by Gasteiger charge is 2.66. The quantitative estimate of drug-likeness (QED) is 0.647. The second kappa shape index (κ2) is 8.79. The van der Waals surface area contributed by atoms with Gasteiger partial charge in [-0.25, -0.2) is 0 Å². The van der Waals surface area contributed by atoms with E-state index in [-0.39, 0.29) is 11.8 Å². The number of ether oxygens (including phenoxy) is 1. The fourth-order valence-electron chi connectivity index (χ4n) is 5.69. The minimum Gasteiger partial charge on any atom is -0.373 e. The molecule has 0 aromatic heterocycles. The van der Waals surface area contributed by atoms with E-state index in [4.69, 9.17) is 16.3 Å². The number of anilines is 1. The molecule has 6 heteroatoms. The van der Waals surface area contributed by atoms with Crippen molar-refractivity contribution in [3.8, 4) is 0 Å². The summed E-state index contributed by atoms with van der Waals surface area (Å²) in [6.07, 6.45) is 1.46. The standard InChI is InChI=1S/C26H32ClN3O2/c1-18-16-29(17-19(2)32-18)13-11-28-12-14-30-24-6-4-3-5-22(24)26(25(30)31)15-23(26)20-7-9-21(27)10-8-20/h3-10,18-19,23,28H,11-17H2,1-2H3/t18?,19?,23-,26-/m1/s1. The number of carbonyl (C=O) groups is 1. The van der Waals surface area contributed by atoms with E-state index in [1.54, 1.807) is 0 Å². The Morgan fingerprint density at radius 3 is 2.47 bits per heavy atom. The lowest BCUT2D eigenvalue weighted by Crippen LogP contribution is -2.48. The van der Waals surface area contributed by atoms with E-state index in [2.05, 4.69) is 54.4 Å². The molecule has 2 aliphatic heterocycles. The van der Waals surface area contributed by atoms with Gasteiger partial charge in [-0.3, -0.25) is 9.69 Å². The minimum absolute atomic E-state index is 0.233. The second-order valence-corrected chi connectivity index (χ2v) is 9.96. The van der Waals surface area contributed by atoms with E-state index in [1.165, 1.54) is 11.1 Å². The number of nitrogens with zero attached hydrogens (tertiary/aromatic N) is 2. The number of amides is 1. The number of benzene rings is 2. The van der Waals surface area contributed by atoms with Gasteiger partial charge in [0.2, 0.25) is 5.91 Å². The Bertz CT molecular complexity index is 971. The Morgan fingerprint density at radius 2 is 1.72 bits per heavy atom. The molecule has 1 saturated heterocycles. The van der Waals surface area contributed by atoms with E-state index in [1.807, 2.05) is 23.1 Å². The molecule has 1 aliphatic carbocycles. The molecule has 1 amide bonds. The summed E-state index contributed by atoms with van der Waals surface area (Å²) in [7, 11) is 0. The summed E-state index contributed by atoms with van der Waals surface area (Å²) in [5.74, 6) is 0.480. The average molecular weight is 454 g/mol. The van der Waals surface area contributed by atoms with Crippen molar-refractivity contribution in [1.82, 2.24) is 10.2 Å². The van der Waals surface area contributed by atoms with Gasteiger partial charge in [0, 0.05) is 55.9 Å². The van der Waals surface area contributed by atoms with Crippen LogP contribution < -0.4 is 10.2 Å². The van der Waals surface area contributed by atoms with Crippen LogP contribution in [0.25, 0.3) is 0 Å². The highest BCUT2D eigenvalue weighted by Crippen LogP contribution is 2.66. The topological polar surface area (TPSA) is 44.8 Å². The Labute approximate surface area is 195 Å². The van der Waals surface area contributed by atoms with Gasteiger partial charge in [0.1, 0.15) is 0 Å². The van der Waals surface area contributed by atoms with Gasteiger partial charge in [0.05, 0.1) is 17.6 Å².